The fourth-order valence-electron chi connectivity index (χ4n) is 2.18. The molecule has 2 aromatic carbocycles. The molecule has 0 saturated carbocycles. The normalized spacial score (nSPS) is 10.2. The van der Waals surface area contributed by atoms with Crippen molar-refractivity contribution in [3.63, 3.8) is 0 Å². The van der Waals surface area contributed by atoms with Crippen LogP contribution in [0.15, 0.2) is 48.5 Å². The molecule has 0 aliphatic carbocycles. The summed E-state index contributed by atoms with van der Waals surface area (Å²) in [6.45, 7) is 2.24. The number of hydrogen-bond acceptors (Lipinski definition) is 3. The Labute approximate surface area is 140 Å². The van der Waals surface area contributed by atoms with Crippen LogP contribution >= 0.6 is 0 Å². The van der Waals surface area contributed by atoms with Gasteiger partial charge in [-0.05, 0) is 35.7 Å². The molecule has 0 aliphatic heterocycles. The summed E-state index contributed by atoms with van der Waals surface area (Å²) in [4.78, 5) is 23.7. The lowest BCUT2D eigenvalue weighted by molar-refractivity contribution is -0.144. The molecule has 126 valence electrons. The zero-order valence-electron chi connectivity index (χ0n) is 13.5. The predicted molar refractivity (Wildman–Crippen MR) is 89.0 cm³/mol. The number of amides is 1. The van der Waals surface area contributed by atoms with Crippen LogP contribution in [0.5, 0.6) is 0 Å². The van der Waals surface area contributed by atoms with E-state index in [1.54, 1.807) is 6.07 Å². The van der Waals surface area contributed by atoms with Crippen LogP contribution in [0, 0.1) is 5.82 Å². The van der Waals surface area contributed by atoms with E-state index in [4.69, 9.17) is 4.74 Å². The second-order valence-electron chi connectivity index (χ2n) is 5.35. The number of rotatable bonds is 7. The third-order valence-corrected chi connectivity index (χ3v) is 3.49. The second-order valence-corrected chi connectivity index (χ2v) is 5.35. The number of benzene rings is 2. The van der Waals surface area contributed by atoms with Crippen molar-refractivity contribution in [2.75, 3.05) is 6.54 Å². The van der Waals surface area contributed by atoms with E-state index in [1.165, 1.54) is 12.1 Å². The fourth-order valence-corrected chi connectivity index (χ4v) is 2.18. The van der Waals surface area contributed by atoms with Crippen molar-refractivity contribution in [2.24, 2.45) is 0 Å². The zero-order valence-corrected chi connectivity index (χ0v) is 13.5. The van der Waals surface area contributed by atoms with E-state index in [2.05, 4.69) is 5.32 Å². The van der Waals surface area contributed by atoms with Crippen LogP contribution in [0.3, 0.4) is 0 Å². The molecule has 0 spiro atoms. The van der Waals surface area contributed by atoms with Gasteiger partial charge >= 0.3 is 5.97 Å². The van der Waals surface area contributed by atoms with E-state index in [1.807, 2.05) is 37.3 Å². The molecule has 2 aromatic rings. The minimum Gasteiger partial charge on any atom is -0.461 e. The summed E-state index contributed by atoms with van der Waals surface area (Å²) in [6, 6.07) is 13.6. The molecule has 0 fully saturated rings. The smallest absolute Gasteiger partial charge is 0.307 e. The van der Waals surface area contributed by atoms with Crippen LogP contribution in [0.1, 0.15) is 34.8 Å². The largest absolute Gasteiger partial charge is 0.461 e. The van der Waals surface area contributed by atoms with Crippen molar-refractivity contribution in [1.29, 1.82) is 0 Å². The summed E-state index contributed by atoms with van der Waals surface area (Å²) < 4.78 is 18.6. The van der Waals surface area contributed by atoms with Gasteiger partial charge in [-0.15, -0.1) is 0 Å². The van der Waals surface area contributed by atoms with Gasteiger partial charge in [0.15, 0.2) is 0 Å². The molecule has 0 saturated heterocycles. The lowest BCUT2D eigenvalue weighted by Gasteiger charge is -2.08. The molecule has 24 heavy (non-hydrogen) atoms. The van der Waals surface area contributed by atoms with Gasteiger partial charge in [-0.2, -0.15) is 0 Å². The zero-order chi connectivity index (χ0) is 17.4. The molecule has 0 aromatic heterocycles. The SMILES string of the molecule is CCc1cc(F)cc(C(=O)NCCC(=O)OCc2ccccc2)c1. The van der Waals surface area contributed by atoms with Crippen LogP contribution in [-0.4, -0.2) is 18.4 Å². The molecule has 0 atom stereocenters. The number of ether oxygens (including phenoxy) is 1. The highest BCUT2D eigenvalue weighted by atomic mass is 19.1. The maximum atomic E-state index is 13.4. The van der Waals surface area contributed by atoms with Crippen LogP contribution in [0.2, 0.25) is 0 Å². The van der Waals surface area contributed by atoms with Gasteiger partial charge in [-0.1, -0.05) is 37.3 Å². The number of nitrogens with one attached hydrogen (secondary N) is 1. The number of aryl methyl sites for hydroxylation is 1. The molecule has 0 radical (unpaired) electrons. The molecule has 4 nitrogen and oxygen atoms in total. The van der Waals surface area contributed by atoms with E-state index < -0.39 is 17.7 Å². The third-order valence-electron chi connectivity index (χ3n) is 3.49. The molecule has 1 amide bonds. The van der Waals surface area contributed by atoms with E-state index in [0.717, 1.165) is 11.1 Å². The minimum atomic E-state index is -0.443. The summed E-state index contributed by atoms with van der Waals surface area (Å²) >= 11 is 0. The van der Waals surface area contributed by atoms with Gasteiger partial charge in [0, 0.05) is 12.1 Å². The topological polar surface area (TPSA) is 55.4 Å². The molecule has 0 heterocycles. The van der Waals surface area contributed by atoms with Crippen molar-refractivity contribution in [3.8, 4) is 0 Å². The Kier molecular flexibility index (Phi) is 6.49. The van der Waals surface area contributed by atoms with E-state index in [9.17, 15) is 14.0 Å². The summed E-state index contributed by atoms with van der Waals surface area (Å²) in [7, 11) is 0. The maximum Gasteiger partial charge on any atom is 0.307 e. The van der Waals surface area contributed by atoms with Gasteiger partial charge in [-0.3, -0.25) is 9.59 Å². The van der Waals surface area contributed by atoms with Crippen molar-refractivity contribution >= 4 is 11.9 Å². The molecule has 1 N–H and O–H groups in total. The number of carbonyl (C=O) groups is 2. The maximum absolute atomic E-state index is 13.4. The second kappa shape index (κ2) is 8.82. The van der Waals surface area contributed by atoms with Crippen LogP contribution < -0.4 is 5.32 Å². The highest BCUT2D eigenvalue weighted by Crippen LogP contribution is 2.10. The predicted octanol–water partition coefficient (Wildman–Crippen LogP) is 3.25. The molecule has 0 unspecified atom stereocenters. The van der Waals surface area contributed by atoms with Gasteiger partial charge in [-0.25, -0.2) is 4.39 Å². The highest BCUT2D eigenvalue weighted by Gasteiger charge is 2.10. The van der Waals surface area contributed by atoms with Crippen LogP contribution in [0.25, 0.3) is 0 Å². The number of halogens is 1. The molecular formula is C19H20FNO3. The van der Waals surface area contributed by atoms with Gasteiger partial charge in [0.1, 0.15) is 12.4 Å². The summed E-state index contributed by atoms with van der Waals surface area (Å²) in [5.74, 6) is -1.24. The molecular weight excluding hydrogens is 309 g/mol. The Morgan fingerprint density at radius 2 is 1.83 bits per heavy atom. The lowest BCUT2D eigenvalue weighted by Crippen LogP contribution is -2.26. The average Bonchev–Trinajstić information content (AvgIpc) is 2.60. The van der Waals surface area contributed by atoms with E-state index in [0.29, 0.717) is 6.42 Å². The Morgan fingerprint density at radius 1 is 1.08 bits per heavy atom. The Bertz CT molecular complexity index is 701. The first kappa shape index (κ1) is 17.7. The summed E-state index contributed by atoms with van der Waals surface area (Å²) in [5, 5.41) is 2.60. The Morgan fingerprint density at radius 3 is 2.54 bits per heavy atom. The van der Waals surface area contributed by atoms with Crippen molar-refractivity contribution in [1.82, 2.24) is 5.32 Å². The monoisotopic (exact) mass is 329 g/mol. The Hall–Kier alpha value is -2.69. The third kappa shape index (κ3) is 5.50. The van der Waals surface area contributed by atoms with Crippen LogP contribution in [-0.2, 0) is 22.6 Å². The van der Waals surface area contributed by atoms with Crippen molar-refractivity contribution < 1.29 is 18.7 Å². The minimum absolute atomic E-state index is 0.0640. The Balaban J connectivity index is 1.76. The van der Waals surface area contributed by atoms with E-state index in [-0.39, 0.29) is 25.1 Å². The number of carbonyl (C=O) groups excluding carboxylic acids is 2. The lowest BCUT2D eigenvalue weighted by atomic mass is 10.1. The number of esters is 1. The first-order chi connectivity index (χ1) is 11.6. The molecule has 5 heteroatoms. The van der Waals surface area contributed by atoms with Crippen LogP contribution in [0.4, 0.5) is 4.39 Å². The quantitative estimate of drug-likeness (QED) is 0.793. The van der Waals surface area contributed by atoms with Gasteiger partial charge < -0.3 is 10.1 Å². The first-order valence-electron chi connectivity index (χ1n) is 7.85. The van der Waals surface area contributed by atoms with Crippen molar-refractivity contribution in [2.45, 2.75) is 26.4 Å². The van der Waals surface area contributed by atoms with Gasteiger partial charge in [0.05, 0.1) is 6.42 Å². The van der Waals surface area contributed by atoms with Gasteiger partial charge in [0.2, 0.25) is 0 Å². The fraction of sp³-hybridized carbons (Fsp3) is 0.263. The average molecular weight is 329 g/mol. The highest BCUT2D eigenvalue weighted by molar-refractivity contribution is 5.94. The summed E-state index contributed by atoms with van der Waals surface area (Å²) in [5.41, 5.74) is 1.91. The van der Waals surface area contributed by atoms with Crippen molar-refractivity contribution in [3.05, 3.63) is 71.0 Å². The molecule has 0 bridgehead atoms. The first-order valence-corrected chi connectivity index (χ1v) is 7.85. The number of hydrogen-bond donors (Lipinski definition) is 1. The standard InChI is InChI=1S/C19H20FNO3/c1-2-14-10-16(12-17(20)11-14)19(23)21-9-8-18(22)24-13-15-6-4-3-5-7-15/h3-7,10-12H,2,8-9,13H2,1H3,(H,21,23). The van der Waals surface area contributed by atoms with E-state index >= 15 is 0 Å². The molecule has 2 rings (SSSR count). The van der Waals surface area contributed by atoms with Gasteiger partial charge in [0.25, 0.3) is 5.91 Å². The summed E-state index contributed by atoms with van der Waals surface area (Å²) in [6.07, 6.45) is 0.707. The molecule has 0 aliphatic rings.